The Morgan fingerprint density at radius 3 is 2.25 bits per heavy atom. The predicted molar refractivity (Wildman–Crippen MR) is 48.7 cm³/mol. The molecule has 69 valence electrons. The third-order valence-corrected chi connectivity index (χ3v) is 1.81. The zero-order chi connectivity index (χ0) is 9.23. The molecule has 1 radical (unpaired) electrons. The number of Topliss-reactive ketones (excluding diaryl/α,β-unsaturated/α-hetero) is 1. The Hall–Kier alpha value is -0.660. The number of hydrogen-bond acceptors (Lipinski definition) is 2. The zero-order valence-electron chi connectivity index (χ0n) is 7.77. The molecule has 12 heavy (non-hydrogen) atoms. The van der Waals surface area contributed by atoms with Crippen molar-refractivity contribution in [1.82, 2.24) is 0 Å². The van der Waals surface area contributed by atoms with Crippen molar-refractivity contribution in [1.29, 1.82) is 0 Å². The van der Waals surface area contributed by atoms with Crippen molar-refractivity contribution in [3.05, 3.63) is 0 Å². The summed E-state index contributed by atoms with van der Waals surface area (Å²) in [6.07, 6.45) is 8.43. The molecule has 0 atom stereocenters. The van der Waals surface area contributed by atoms with E-state index < -0.39 is 0 Å². The Morgan fingerprint density at radius 2 is 1.67 bits per heavy atom. The summed E-state index contributed by atoms with van der Waals surface area (Å²) in [5, 5.41) is 0. The van der Waals surface area contributed by atoms with Crippen molar-refractivity contribution < 1.29 is 9.59 Å². The van der Waals surface area contributed by atoms with Crippen molar-refractivity contribution in [2.75, 3.05) is 0 Å². The summed E-state index contributed by atoms with van der Waals surface area (Å²) >= 11 is 0. The molecule has 0 aliphatic heterocycles. The Bertz CT molecular complexity index is 130. The van der Waals surface area contributed by atoms with Crippen molar-refractivity contribution in [2.45, 2.75) is 51.9 Å². The fourth-order valence-corrected chi connectivity index (χ4v) is 1.10. The van der Waals surface area contributed by atoms with E-state index in [0.717, 1.165) is 32.1 Å². The Labute approximate surface area is 74.3 Å². The van der Waals surface area contributed by atoms with Crippen LogP contribution in [0.5, 0.6) is 0 Å². The van der Waals surface area contributed by atoms with Crippen LogP contribution in [-0.4, -0.2) is 12.1 Å². The van der Waals surface area contributed by atoms with Gasteiger partial charge in [0.25, 0.3) is 0 Å². The van der Waals surface area contributed by atoms with E-state index in [-0.39, 0.29) is 5.78 Å². The molecule has 0 aliphatic carbocycles. The summed E-state index contributed by atoms with van der Waals surface area (Å²) in [6.45, 7) is 1.63. The molecule has 0 heterocycles. The molecule has 0 saturated carbocycles. The minimum absolute atomic E-state index is 0.274. The number of carbonyl (C=O) groups is 1. The highest BCUT2D eigenvalue weighted by atomic mass is 16.1. The van der Waals surface area contributed by atoms with Gasteiger partial charge in [0.05, 0.1) is 0 Å². The van der Waals surface area contributed by atoms with E-state index in [4.69, 9.17) is 0 Å². The fourth-order valence-electron chi connectivity index (χ4n) is 1.10. The zero-order valence-corrected chi connectivity index (χ0v) is 7.77. The monoisotopic (exact) mass is 169 g/mol. The average Bonchev–Trinajstić information content (AvgIpc) is 2.02. The highest BCUT2D eigenvalue weighted by molar-refractivity contribution is 5.75. The number of carbonyl (C=O) groups excluding carboxylic acids is 2. The van der Waals surface area contributed by atoms with Crippen LogP contribution < -0.4 is 0 Å². The van der Waals surface area contributed by atoms with E-state index in [0.29, 0.717) is 12.8 Å². The molecule has 0 aliphatic rings. The number of unbranched alkanes of at least 4 members (excludes halogenated alkanes) is 5. The smallest absolute Gasteiger partial charge is 0.198 e. The lowest BCUT2D eigenvalue weighted by atomic mass is 10.1. The second kappa shape index (κ2) is 8.44. The first kappa shape index (κ1) is 11.3. The quantitative estimate of drug-likeness (QED) is 0.523. The van der Waals surface area contributed by atoms with Gasteiger partial charge in [0.15, 0.2) is 6.29 Å². The first-order valence-corrected chi connectivity index (χ1v) is 4.62. The average molecular weight is 169 g/mol. The van der Waals surface area contributed by atoms with Crippen LogP contribution in [0.1, 0.15) is 51.9 Å². The van der Waals surface area contributed by atoms with Crippen molar-refractivity contribution >= 4 is 12.1 Å². The first-order chi connectivity index (χ1) is 5.77. The summed E-state index contributed by atoms with van der Waals surface area (Å²) in [5.74, 6) is 0.274. The van der Waals surface area contributed by atoms with E-state index in [9.17, 15) is 9.59 Å². The second-order valence-corrected chi connectivity index (χ2v) is 3.11. The van der Waals surface area contributed by atoms with Crippen molar-refractivity contribution in [3.8, 4) is 0 Å². The maximum atomic E-state index is 10.5. The maximum Gasteiger partial charge on any atom is 0.198 e. The van der Waals surface area contributed by atoms with E-state index in [1.165, 1.54) is 0 Å². The Balaban J connectivity index is 2.90. The third kappa shape index (κ3) is 9.34. The topological polar surface area (TPSA) is 34.1 Å². The number of hydrogen-bond donors (Lipinski definition) is 0. The number of rotatable bonds is 8. The van der Waals surface area contributed by atoms with Gasteiger partial charge in [-0.1, -0.05) is 19.3 Å². The molecule has 0 rings (SSSR count). The van der Waals surface area contributed by atoms with Gasteiger partial charge in [-0.2, -0.15) is 0 Å². The molecule has 0 amide bonds. The van der Waals surface area contributed by atoms with Gasteiger partial charge in [-0.3, -0.25) is 4.79 Å². The SMILES string of the molecule is CC(=O)CCCCCCC[C]=O. The molecule has 0 aromatic carbocycles. The third-order valence-electron chi connectivity index (χ3n) is 1.81. The highest BCUT2D eigenvalue weighted by Crippen LogP contribution is 2.06. The Morgan fingerprint density at radius 1 is 1.08 bits per heavy atom. The molecule has 0 saturated heterocycles. The van der Waals surface area contributed by atoms with Crippen molar-refractivity contribution in [3.63, 3.8) is 0 Å². The van der Waals surface area contributed by atoms with Gasteiger partial charge in [-0.25, -0.2) is 0 Å². The molecule has 0 spiro atoms. The number of ketones is 1. The van der Waals surface area contributed by atoms with E-state index in [2.05, 4.69) is 0 Å². The standard InChI is InChI=1S/C10H17O2/c1-10(12)8-6-4-2-3-5-7-9-11/h2-8H2,1H3. The van der Waals surface area contributed by atoms with Crippen LogP contribution in [0.2, 0.25) is 0 Å². The maximum absolute atomic E-state index is 10.5. The molecule has 0 N–H and O–H groups in total. The van der Waals surface area contributed by atoms with Crippen LogP contribution in [0.15, 0.2) is 0 Å². The second-order valence-electron chi connectivity index (χ2n) is 3.11. The van der Waals surface area contributed by atoms with Gasteiger partial charge in [-0.15, -0.1) is 0 Å². The van der Waals surface area contributed by atoms with Crippen molar-refractivity contribution in [2.24, 2.45) is 0 Å². The summed E-state index contributed by atoms with van der Waals surface area (Å²) < 4.78 is 0. The molecule has 0 unspecified atom stereocenters. The van der Waals surface area contributed by atoms with E-state index >= 15 is 0 Å². The summed E-state index contributed by atoms with van der Waals surface area (Å²) in [4.78, 5) is 20.3. The van der Waals surface area contributed by atoms with Gasteiger partial charge in [0.2, 0.25) is 0 Å². The van der Waals surface area contributed by atoms with Crippen LogP contribution in [0.4, 0.5) is 0 Å². The molecular weight excluding hydrogens is 152 g/mol. The van der Waals surface area contributed by atoms with Crippen LogP contribution in [0.25, 0.3) is 0 Å². The molecule has 2 heteroatoms. The van der Waals surface area contributed by atoms with Gasteiger partial charge in [0, 0.05) is 12.8 Å². The van der Waals surface area contributed by atoms with Gasteiger partial charge in [-0.05, 0) is 19.8 Å². The van der Waals surface area contributed by atoms with E-state index in [1.54, 1.807) is 6.92 Å². The minimum atomic E-state index is 0.274. The lowest BCUT2D eigenvalue weighted by Crippen LogP contribution is -1.89. The van der Waals surface area contributed by atoms with Crippen LogP contribution >= 0.6 is 0 Å². The molecule has 0 aromatic heterocycles. The molecular formula is C10H17O2. The summed E-state index contributed by atoms with van der Waals surface area (Å²) in [6, 6.07) is 0. The molecule has 0 fully saturated rings. The van der Waals surface area contributed by atoms with Gasteiger partial charge < -0.3 is 4.79 Å². The van der Waals surface area contributed by atoms with Gasteiger partial charge >= 0.3 is 0 Å². The summed E-state index contributed by atoms with van der Waals surface area (Å²) in [7, 11) is 0. The largest absolute Gasteiger partial charge is 0.300 e. The van der Waals surface area contributed by atoms with E-state index in [1.807, 2.05) is 6.29 Å². The van der Waals surface area contributed by atoms with Gasteiger partial charge in [0.1, 0.15) is 5.78 Å². The Kier molecular flexibility index (Phi) is 7.97. The molecule has 2 nitrogen and oxygen atoms in total. The highest BCUT2D eigenvalue weighted by Gasteiger charge is 1.93. The predicted octanol–water partition coefficient (Wildman–Crippen LogP) is 2.42. The lowest BCUT2D eigenvalue weighted by Gasteiger charge is -1.97. The fraction of sp³-hybridized carbons (Fsp3) is 0.800. The minimum Gasteiger partial charge on any atom is -0.300 e. The van der Waals surface area contributed by atoms with Crippen LogP contribution in [-0.2, 0) is 9.59 Å². The first-order valence-electron chi connectivity index (χ1n) is 4.62. The normalized spacial score (nSPS) is 9.75. The van der Waals surface area contributed by atoms with Crippen LogP contribution in [0.3, 0.4) is 0 Å². The molecule has 0 aromatic rings. The lowest BCUT2D eigenvalue weighted by molar-refractivity contribution is -0.117. The van der Waals surface area contributed by atoms with Crippen LogP contribution in [0, 0.1) is 0 Å². The summed E-state index contributed by atoms with van der Waals surface area (Å²) in [5.41, 5.74) is 0. The molecule has 0 bridgehead atoms.